The number of pyridine rings is 1. The Morgan fingerprint density at radius 2 is 1.23 bits per heavy atom. The normalized spacial score (nSPS) is 12.0. The third-order valence-electron chi connectivity index (χ3n) is 5.22. The number of thiophene rings is 1. The van der Waals surface area contributed by atoms with E-state index in [0.29, 0.717) is 0 Å². The molecule has 6 aromatic rings. The minimum Gasteiger partial charge on any atom is -0.321 e. The van der Waals surface area contributed by atoms with Gasteiger partial charge in [0.1, 0.15) is 0 Å². The summed E-state index contributed by atoms with van der Waals surface area (Å²) in [5.74, 6) is 0. The first kappa shape index (κ1) is 14.0. The van der Waals surface area contributed by atoms with Crippen LogP contribution in [0.3, 0.4) is 0 Å². The van der Waals surface area contributed by atoms with Crippen molar-refractivity contribution in [2.24, 2.45) is 0 Å². The molecular formula is C23H13NOS. The van der Waals surface area contributed by atoms with Crippen LogP contribution in [0, 0.1) is 0 Å². The van der Waals surface area contributed by atoms with Gasteiger partial charge in [-0.2, -0.15) is 0 Å². The minimum absolute atomic E-state index is 0.0304. The van der Waals surface area contributed by atoms with Gasteiger partial charge >= 0.3 is 0 Å². The summed E-state index contributed by atoms with van der Waals surface area (Å²) < 4.78 is 2.56. The Kier molecular flexibility index (Phi) is 2.66. The van der Waals surface area contributed by atoms with Crippen LogP contribution in [0.4, 0.5) is 0 Å². The fourth-order valence-electron chi connectivity index (χ4n) is 4.12. The molecule has 0 fully saturated rings. The summed E-state index contributed by atoms with van der Waals surface area (Å²) in [4.78, 5) is 15.9. The number of H-pyrrole nitrogens is 1. The van der Waals surface area contributed by atoms with Crippen molar-refractivity contribution in [3.8, 4) is 0 Å². The van der Waals surface area contributed by atoms with Crippen LogP contribution in [0.5, 0.6) is 0 Å². The van der Waals surface area contributed by atoms with Crippen molar-refractivity contribution in [1.82, 2.24) is 4.98 Å². The van der Waals surface area contributed by atoms with Gasteiger partial charge in [-0.25, -0.2) is 0 Å². The van der Waals surface area contributed by atoms with E-state index in [2.05, 4.69) is 53.5 Å². The minimum atomic E-state index is -0.0304. The van der Waals surface area contributed by atoms with Gasteiger partial charge in [0.15, 0.2) is 0 Å². The molecule has 0 atom stereocenters. The largest absolute Gasteiger partial charge is 0.321 e. The van der Waals surface area contributed by atoms with E-state index >= 15 is 0 Å². The second-order valence-corrected chi connectivity index (χ2v) is 7.65. The van der Waals surface area contributed by atoms with Crippen LogP contribution in [0.15, 0.2) is 77.6 Å². The zero-order valence-corrected chi connectivity index (χ0v) is 14.6. The van der Waals surface area contributed by atoms with Crippen molar-refractivity contribution in [2.45, 2.75) is 0 Å². The summed E-state index contributed by atoms with van der Waals surface area (Å²) in [6, 6.07) is 24.8. The molecule has 0 amide bonds. The quantitative estimate of drug-likeness (QED) is 0.325. The Morgan fingerprint density at radius 3 is 2.04 bits per heavy atom. The van der Waals surface area contributed by atoms with Crippen LogP contribution in [-0.4, -0.2) is 4.98 Å². The molecule has 2 aromatic heterocycles. The molecule has 0 radical (unpaired) electrons. The van der Waals surface area contributed by atoms with E-state index in [9.17, 15) is 4.79 Å². The van der Waals surface area contributed by atoms with Gasteiger partial charge in [-0.3, -0.25) is 4.79 Å². The van der Waals surface area contributed by atoms with Crippen LogP contribution in [0.2, 0.25) is 0 Å². The van der Waals surface area contributed by atoms with E-state index in [1.807, 2.05) is 35.6 Å². The van der Waals surface area contributed by atoms with Gasteiger partial charge < -0.3 is 4.98 Å². The fourth-order valence-corrected chi connectivity index (χ4v) is 5.37. The maximum absolute atomic E-state index is 12.7. The molecule has 4 aromatic carbocycles. The first-order chi connectivity index (χ1) is 12.8. The lowest BCUT2D eigenvalue weighted by Gasteiger charge is -2.10. The van der Waals surface area contributed by atoms with Crippen molar-refractivity contribution in [3.05, 3.63) is 83.2 Å². The highest BCUT2D eigenvalue weighted by molar-refractivity contribution is 7.27. The molecular weight excluding hydrogens is 338 g/mol. The standard InChI is InChI=1S/C23H13NOS/c25-23-16-10-4-1-7-13(16)19-20-17-11-5-6-12-18(17)26-22(20)15-9-3-2-8-14(15)21(19)24-23/h1-12H,(H,24,25). The lowest BCUT2D eigenvalue weighted by atomic mass is 9.96. The highest BCUT2D eigenvalue weighted by atomic mass is 32.1. The summed E-state index contributed by atoms with van der Waals surface area (Å²) in [5.41, 5.74) is 0.900. The molecule has 26 heavy (non-hydrogen) atoms. The Bertz CT molecular complexity index is 1560. The van der Waals surface area contributed by atoms with Crippen molar-refractivity contribution in [2.75, 3.05) is 0 Å². The van der Waals surface area contributed by atoms with E-state index in [1.165, 1.54) is 25.6 Å². The second-order valence-electron chi connectivity index (χ2n) is 6.60. The third kappa shape index (κ3) is 1.68. The highest BCUT2D eigenvalue weighted by Crippen LogP contribution is 2.44. The third-order valence-corrected chi connectivity index (χ3v) is 6.42. The maximum atomic E-state index is 12.7. The molecule has 6 rings (SSSR count). The van der Waals surface area contributed by atoms with E-state index < -0.39 is 0 Å². The first-order valence-corrected chi connectivity index (χ1v) is 9.41. The van der Waals surface area contributed by atoms with Gasteiger partial charge in [0.25, 0.3) is 5.56 Å². The van der Waals surface area contributed by atoms with Crippen LogP contribution >= 0.6 is 11.3 Å². The smallest absolute Gasteiger partial charge is 0.256 e. The van der Waals surface area contributed by atoms with Crippen molar-refractivity contribution in [1.29, 1.82) is 0 Å². The number of benzene rings is 4. The summed E-state index contributed by atoms with van der Waals surface area (Å²) >= 11 is 1.83. The maximum Gasteiger partial charge on any atom is 0.256 e. The number of fused-ring (bicyclic) bond motifs is 10. The van der Waals surface area contributed by atoms with Crippen LogP contribution < -0.4 is 5.56 Å². The molecule has 3 heteroatoms. The van der Waals surface area contributed by atoms with Crippen LogP contribution in [0.25, 0.3) is 52.6 Å². The van der Waals surface area contributed by atoms with Crippen LogP contribution in [-0.2, 0) is 0 Å². The van der Waals surface area contributed by atoms with Gasteiger partial charge in [-0.15, -0.1) is 11.3 Å². The average molecular weight is 351 g/mol. The summed E-state index contributed by atoms with van der Waals surface area (Å²) in [5, 5.41) is 7.70. The van der Waals surface area contributed by atoms with Gasteiger partial charge in [0, 0.05) is 41.7 Å². The zero-order valence-electron chi connectivity index (χ0n) is 13.7. The molecule has 0 saturated heterocycles. The number of rotatable bonds is 0. The first-order valence-electron chi connectivity index (χ1n) is 8.59. The molecule has 1 N–H and O–H groups in total. The fraction of sp³-hybridized carbons (Fsp3) is 0. The number of aromatic amines is 1. The predicted molar refractivity (Wildman–Crippen MR) is 112 cm³/mol. The van der Waals surface area contributed by atoms with Crippen molar-refractivity contribution < 1.29 is 0 Å². The molecule has 0 aliphatic heterocycles. The van der Waals surface area contributed by atoms with Crippen molar-refractivity contribution in [3.63, 3.8) is 0 Å². The summed E-state index contributed by atoms with van der Waals surface area (Å²) in [6.07, 6.45) is 0. The monoisotopic (exact) mass is 351 g/mol. The summed E-state index contributed by atoms with van der Waals surface area (Å²) in [6.45, 7) is 0. The molecule has 2 heterocycles. The number of aromatic nitrogens is 1. The number of hydrogen-bond donors (Lipinski definition) is 1. The number of nitrogens with one attached hydrogen (secondary N) is 1. The Morgan fingerprint density at radius 1 is 0.615 bits per heavy atom. The van der Waals surface area contributed by atoms with E-state index in [0.717, 1.165) is 27.1 Å². The van der Waals surface area contributed by atoms with E-state index in [1.54, 1.807) is 0 Å². The molecule has 0 unspecified atom stereocenters. The van der Waals surface area contributed by atoms with Crippen molar-refractivity contribution >= 4 is 64.0 Å². The lowest BCUT2D eigenvalue weighted by molar-refractivity contribution is 1.36. The molecule has 0 spiro atoms. The molecule has 0 bridgehead atoms. The molecule has 0 saturated carbocycles. The predicted octanol–water partition coefficient (Wildman–Crippen LogP) is 6.20. The SMILES string of the molecule is O=c1[nH]c2c3ccccc3c3sc4ccccc4c3c2c2ccccc12. The lowest BCUT2D eigenvalue weighted by Crippen LogP contribution is -2.06. The Balaban J connectivity index is 2.12. The molecule has 0 aliphatic rings. The molecule has 0 aliphatic carbocycles. The highest BCUT2D eigenvalue weighted by Gasteiger charge is 2.17. The van der Waals surface area contributed by atoms with E-state index in [-0.39, 0.29) is 5.56 Å². The second kappa shape index (κ2) is 4.93. The average Bonchev–Trinajstić information content (AvgIpc) is 3.08. The molecule has 2 nitrogen and oxygen atoms in total. The zero-order chi connectivity index (χ0) is 17.3. The Hall–Kier alpha value is -3.17. The van der Waals surface area contributed by atoms with Gasteiger partial charge in [0.2, 0.25) is 0 Å². The topological polar surface area (TPSA) is 32.9 Å². The van der Waals surface area contributed by atoms with Gasteiger partial charge in [-0.05, 0) is 17.5 Å². The van der Waals surface area contributed by atoms with Gasteiger partial charge in [0.05, 0.1) is 5.52 Å². The van der Waals surface area contributed by atoms with Crippen LogP contribution in [0.1, 0.15) is 0 Å². The number of hydrogen-bond acceptors (Lipinski definition) is 2. The van der Waals surface area contributed by atoms with Gasteiger partial charge in [-0.1, -0.05) is 60.7 Å². The van der Waals surface area contributed by atoms with E-state index in [4.69, 9.17) is 0 Å². The Labute approximate surface area is 152 Å². The molecule has 122 valence electrons. The summed E-state index contributed by atoms with van der Waals surface area (Å²) in [7, 11) is 0.